The molecule has 2 aromatic carbocycles. The van der Waals surface area contributed by atoms with Crippen LogP contribution in [0.15, 0.2) is 66.6 Å². The number of benzene rings is 2. The van der Waals surface area contributed by atoms with E-state index in [1.54, 1.807) is 4.90 Å². The van der Waals surface area contributed by atoms with Crippen LogP contribution in [0.3, 0.4) is 0 Å². The summed E-state index contributed by atoms with van der Waals surface area (Å²) in [4.78, 5) is 21.7. The average molecular weight is 658 g/mol. The number of nitrogens with zero attached hydrogens (tertiary/aromatic N) is 5. The molecule has 0 bridgehead atoms. The van der Waals surface area contributed by atoms with Crippen molar-refractivity contribution in [2.45, 2.75) is 25.9 Å². The topological polar surface area (TPSA) is 72.7 Å². The molecule has 0 spiro atoms. The number of likely N-dealkylation sites (N-methyl/N-ethyl adjacent to an activating group) is 1. The van der Waals surface area contributed by atoms with Gasteiger partial charge in [-0.2, -0.15) is 5.10 Å². The first kappa shape index (κ1) is 32.5. The van der Waals surface area contributed by atoms with Crippen molar-refractivity contribution in [3.05, 3.63) is 89.5 Å². The van der Waals surface area contributed by atoms with E-state index in [9.17, 15) is 9.18 Å². The lowest BCUT2D eigenvalue weighted by atomic mass is 9.96. The maximum Gasteiger partial charge on any atom is 0.246 e. The minimum atomic E-state index is -0.770. The van der Waals surface area contributed by atoms with Crippen molar-refractivity contribution in [2.24, 2.45) is 0 Å². The highest BCUT2D eigenvalue weighted by atomic mass is 32.1. The van der Waals surface area contributed by atoms with Crippen LogP contribution in [0, 0.1) is 11.6 Å². The maximum atomic E-state index is 16.0. The van der Waals surface area contributed by atoms with E-state index in [-0.39, 0.29) is 36.5 Å². The molecule has 0 unspecified atom stereocenters. The Labute approximate surface area is 276 Å². The molecule has 0 fully saturated rings. The smallest absolute Gasteiger partial charge is 0.246 e. The van der Waals surface area contributed by atoms with Crippen molar-refractivity contribution in [3.63, 3.8) is 0 Å². The van der Waals surface area contributed by atoms with Gasteiger partial charge in [0, 0.05) is 53.5 Å². The molecule has 1 atom stereocenters. The summed E-state index contributed by atoms with van der Waals surface area (Å²) in [5, 5.41) is 7.72. The number of aromatic nitrogens is 3. The first-order valence-corrected chi connectivity index (χ1v) is 16.4. The molecule has 8 nitrogen and oxygen atoms in total. The third-order valence-electron chi connectivity index (χ3n) is 8.46. The van der Waals surface area contributed by atoms with Gasteiger partial charge in [0.05, 0.1) is 36.1 Å². The van der Waals surface area contributed by atoms with Crippen molar-refractivity contribution in [1.82, 2.24) is 24.6 Å². The molecule has 1 aliphatic rings. The minimum Gasteiger partial charge on any atom is -0.490 e. The van der Waals surface area contributed by atoms with Crippen LogP contribution in [0.1, 0.15) is 24.2 Å². The van der Waals surface area contributed by atoms with Crippen molar-refractivity contribution >= 4 is 27.3 Å². The normalized spacial score (nSPS) is 14.5. The summed E-state index contributed by atoms with van der Waals surface area (Å²) in [6, 6.07) is 14.0. The maximum absolute atomic E-state index is 16.0. The Balaban J connectivity index is 1.58. The van der Waals surface area contributed by atoms with Gasteiger partial charge < -0.3 is 19.3 Å². The molecule has 3 aromatic heterocycles. The minimum absolute atomic E-state index is 0.0513. The molecule has 0 radical (unpaired) electrons. The second-order valence-corrected chi connectivity index (χ2v) is 12.7. The molecule has 4 heterocycles. The van der Waals surface area contributed by atoms with E-state index in [1.807, 2.05) is 29.1 Å². The summed E-state index contributed by atoms with van der Waals surface area (Å²) in [5.41, 5.74) is 5.19. The Hall–Kier alpha value is -4.45. The molecule has 0 N–H and O–H groups in total. The van der Waals surface area contributed by atoms with Crippen LogP contribution in [0.2, 0.25) is 0 Å². The lowest BCUT2D eigenvalue weighted by Crippen LogP contribution is -2.40. The van der Waals surface area contributed by atoms with Gasteiger partial charge in [0.1, 0.15) is 35.4 Å². The Kier molecular flexibility index (Phi) is 9.49. The highest BCUT2D eigenvalue weighted by Crippen LogP contribution is 2.47. The number of hydrogen-bond acceptors (Lipinski definition) is 7. The number of carbonyl (C=O) groups is 1. The van der Waals surface area contributed by atoms with Crippen LogP contribution in [-0.4, -0.2) is 78.0 Å². The Morgan fingerprint density at radius 2 is 1.87 bits per heavy atom. The number of ether oxygens (including phenoxy) is 2. The van der Waals surface area contributed by atoms with E-state index in [0.717, 1.165) is 46.1 Å². The molecule has 0 saturated carbocycles. The van der Waals surface area contributed by atoms with Gasteiger partial charge in [-0.15, -0.1) is 11.3 Å². The Morgan fingerprint density at radius 1 is 1.09 bits per heavy atom. The van der Waals surface area contributed by atoms with E-state index in [4.69, 9.17) is 19.6 Å². The third kappa shape index (κ3) is 6.43. The second-order valence-electron chi connectivity index (χ2n) is 11.8. The van der Waals surface area contributed by atoms with E-state index in [0.29, 0.717) is 30.0 Å². The van der Waals surface area contributed by atoms with Gasteiger partial charge in [-0.3, -0.25) is 9.48 Å². The lowest BCUT2D eigenvalue weighted by molar-refractivity contribution is -0.129. The lowest BCUT2D eigenvalue weighted by Gasteiger charge is -2.33. The molecule has 0 aliphatic carbocycles. The second kappa shape index (κ2) is 13.7. The van der Waals surface area contributed by atoms with Crippen molar-refractivity contribution in [3.8, 4) is 39.5 Å². The predicted octanol–water partition coefficient (Wildman–Crippen LogP) is 6.99. The van der Waals surface area contributed by atoms with E-state index < -0.39 is 11.6 Å². The molecule has 11 heteroatoms. The summed E-state index contributed by atoms with van der Waals surface area (Å²) >= 11 is 1.45. The number of rotatable bonds is 11. The van der Waals surface area contributed by atoms with Crippen LogP contribution in [0.25, 0.3) is 43.9 Å². The standard InChI is InChI=1S/C36H37F2N5O3S/c1-6-31(44)42-14-15-43-29(22(42)2)21-28(40-43)35-33(32-27(38)19-25(37)20-30(32)46-17-16-45-5)36-26(12-18-47-36)34(39-35)24-9-7-23(8-10-24)11-13-41(3)4/h6-10,12,18-22H,1,11,13-17H2,2-5H3/t22-/m1/s1. The fourth-order valence-electron chi connectivity index (χ4n) is 6.02. The molecule has 5 aromatic rings. The van der Waals surface area contributed by atoms with Gasteiger partial charge in [-0.25, -0.2) is 13.8 Å². The van der Waals surface area contributed by atoms with Gasteiger partial charge in [-0.1, -0.05) is 30.8 Å². The average Bonchev–Trinajstić information content (AvgIpc) is 3.72. The van der Waals surface area contributed by atoms with Crippen LogP contribution in [0.4, 0.5) is 8.78 Å². The summed E-state index contributed by atoms with van der Waals surface area (Å²) in [5.74, 6) is -1.63. The highest BCUT2D eigenvalue weighted by molar-refractivity contribution is 7.18. The third-order valence-corrected chi connectivity index (χ3v) is 9.39. The number of fused-ring (bicyclic) bond motifs is 2. The van der Waals surface area contributed by atoms with Crippen molar-refractivity contribution < 1.29 is 23.0 Å². The molecule has 1 aliphatic heterocycles. The SMILES string of the molecule is C=CC(=O)N1CCn2nc(-c3nc(-c4ccc(CCN(C)C)cc4)c4ccsc4c3-c3c(F)cc(F)cc3OCCOC)cc2[C@H]1C. The van der Waals surface area contributed by atoms with Gasteiger partial charge >= 0.3 is 0 Å². The van der Waals surface area contributed by atoms with Gasteiger partial charge in [-0.05, 0) is 56.6 Å². The first-order valence-electron chi connectivity index (χ1n) is 15.5. The zero-order valence-corrected chi connectivity index (χ0v) is 27.7. The summed E-state index contributed by atoms with van der Waals surface area (Å²) in [6.45, 7) is 7.82. The predicted molar refractivity (Wildman–Crippen MR) is 182 cm³/mol. The van der Waals surface area contributed by atoms with Crippen LogP contribution >= 0.6 is 11.3 Å². The van der Waals surface area contributed by atoms with Gasteiger partial charge in [0.2, 0.25) is 5.91 Å². The zero-order chi connectivity index (χ0) is 33.2. The molecule has 0 saturated heterocycles. The number of amides is 1. The highest BCUT2D eigenvalue weighted by Gasteiger charge is 2.31. The number of pyridine rings is 1. The molecule has 1 amide bonds. The van der Waals surface area contributed by atoms with E-state index in [2.05, 4.69) is 49.8 Å². The monoisotopic (exact) mass is 657 g/mol. The van der Waals surface area contributed by atoms with Crippen molar-refractivity contribution in [2.75, 3.05) is 47.5 Å². The molecule has 244 valence electrons. The fraction of sp³-hybridized carbons (Fsp3) is 0.306. The first-order chi connectivity index (χ1) is 22.7. The fourth-order valence-corrected chi connectivity index (χ4v) is 6.97. The van der Waals surface area contributed by atoms with Gasteiger partial charge in [0.15, 0.2) is 0 Å². The number of methoxy groups -OCH3 is 1. The van der Waals surface area contributed by atoms with E-state index >= 15 is 4.39 Å². The Morgan fingerprint density at radius 3 is 2.60 bits per heavy atom. The largest absolute Gasteiger partial charge is 0.490 e. The van der Waals surface area contributed by atoms with Crippen LogP contribution in [0.5, 0.6) is 5.75 Å². The van der Waals surface area contributed by atoms with Gasteiger partial charge in [0.25, 0.3) is 0 Å². The van der Waals surface area contributed by atoms with Crippen LogP contribution < -0.4 is 4.74 Å². The molecular formula is C36H37F2N5O3S. The summed E-state index contributed by atoms with van der Waals surface area (Å²) in [6.07, 6.45) is 2.23. The van der Waals surface area contributed by atoms with Crippen LogP contribution in [-0.2, 0) is 22.5 Å². The Bertz CT molecular complexity index is 1940. The summed E-state index contributed by atoms with van der Waals surface area (Å²) in [7, 11) is 5.64. The number of thiophene rings is 1. The number of hydrogen-bond donors (Lipinski definition) is 0. The summed E-state index contributed by atoms with van der Waals surface area (Å²) < 4.78 is 44.4. The molecular weight excluding hydrogens is 620 g/mol. The number of carbonyl (C=O) groups excluding carboxylic acids is 1. The van der Waals surface area contributed by atoms with E-state index in [1.165, 1.54) is 36.2 Å². The molecule has 6 rings (SSSR count). The quantitative estimate of drug-likeness (QED) is 0.113. The van der Waals surface area contributed by atoms with Crippen molar-refractivity contribution in [1.29, 1.82) is 0 Å². The molecule has 47 heavy (non-hydrogen) atoms. The zero-order valence-electron chi connectivity index (χ0n) is 26.9. The number of halogens is 2.